The van der Waals surface area contributed by atoms with Crippen molar-refractivity contribution in [3.05, 3.63) is 12.2 Å². The first kappa shape index (κ1) is 10.7. The molecule has 0 bridgehead atoms. The van der Waals surface area contributed by atoms with Crippen LogP contribution in [0.4, 0.5) is 4.79 Å². The smallest absolute Gasteiger partial charge is 0.324 e. The van der Waals surface area contributed by atoms with Crippen LogP contribution < -0.4 is 5.32 Å². The third kappa shape index (κ3) is 2.85. The minimum Gasteiger partial charge on any atom is -0.375 e. The van der Waals surface area contributed by atoms with E-state index in [4.69, 9.17) is 4.74 Å². The van der Waals surface area contributed by atoms with E-state index in [2.05, 4.69) is 11.9 Å². The number of urea groups is 1. The molecule has 14 heavy (non-hydrogen) atoms. The van der Waals surface area contributed by atoms with Gasteiger partial charge >= 0.3 is 6.03 Å². The molecule has 1 N–H and O–H groups in total. The number of carbonyl (C=O) groups excluding carboxylic acids is 2. The Hall–Kier alpha value is -1.36. The van der Waals surface area contributed by atoms with E-state index in [1.54, 1.807) is 0 Å². The van der Waals surface area contributed by atoms with Gasteiger partial charge < -0.3 is 10.1 Å². The second-order valence-corrected chi connectivity index (χ2v) is 3.21. The van der Waals surface area contributed by atoms with E-state index in [0.717, 1.165) is 10.5 Å². The number of imide groups is 1. The van der Waals surface area contributed by atoms with Gasteiger partial charge in [-0.05, 0) is 6.92 Å². The van der Waals surface area contributed by atoms with Crippen molar-refractivity contribution in [2.45, 2.75) is 6.92 Å². The SMILES string of the molecule is C=C(C)COCCN1C(=O)CNC1=O. The molecule has 0 aliphatic carbocycles. The van der Waals surface area contributed by atoms with Crippen molar-refractivity contribution < 1.29 is 14.3 Å². The molecule has 0 spiro atoms. The summed E-state index contributed by atoms with van der Waals surface area (Å²) in [5, 5.41) is 2.43. The van der Waals surface area contributed by atoms with Crippen molar-refractivity contribution in [1.82, 2.24) is 10.2 Å². The van der Waals surface area contributed by atoms with Gasteiger partial charge in [-0.3, -0.25) is 9.69 Å². The Bertz CT molecular complexity index is 247. The number of hydrogen-bond donors (Lipinski definition) is 1. The second-order valence-electron chi connectivity index (χ2n) is 3.21. The standard InChI is InChI=1S/C9H14N2O3/c1-7(2)6-14-4-3-11-8(12)5-10-9(11)13/h1,3-6H2,2H3,(H,10,13). The number of hydrogen-bond acceptors (Lipinski definition) is 3. The first-order valence-corrected chi connectivity index (χ1v) is 4.41. The third-order valence-corrected chi connectivity index (χ3v) is 1.74. The molecule has 0 aromatic heterocycles. The van der Waals surface area contributed by atoms with Gasteiger partial charge in [0.1, 0.15) is 0 Å². The van der Waals surface area contributed by atoms with Crippen LogP contribution in [0.1, 0.15) is 6.92 Å². The van der Waals surface area contributed by atoms with Gasteiger partial charge in [-0.15, -0.1) is 0 Å². The van der Waals surface area contributed by atoms with E-state index in [1.165, 1.54) is 0 Å². The lowest BCUT2D eigenvalue weighted by Crippen LogP contribution is -2.34. The molecule has 5 nitrogen and oxygen atoms in total. The van der Waals surface area contributed by atoms with Gasteiger partial charge in [-0.25, -0.2) is 4.79 Å². The van der Waals surface area contributed by atoms with Crippen LogP contribution in [0.5, 0.6) is 0 Å². The van der Waals surface area contributed by atoms with Gasteiger partial charge in [0.05, 0.1) is 26.3 Å². The van der Waals surface area contributed by atoms with Crippen molar-refractivity contribution in [2.24, 2.45) is 0 Å². The van der Waals surface area contributed by atoms with Crippen molar-refractivity contribution in [1.29, 1.82) is 0 Å². The Labute approximate surface area is 82.7 Å². The number of nitrogens with one attached hydrogen (secondary N) is 1. The van der Waals surface area contributed by atoms with Gasteiger partial charge in [0.2, 0.25) is 5.91 Å². The van der Waals surface area contributed by atoms with E-state index in [-0.39, 0.29) is 18.5 Å². The molecule has 1 saturated heterocycles. The van der Waals surface area contributed by atoms with Crippen LogP contribution in [0, 0.1) is 0 Å². The lowest BCUT2D eigenvalue weighted by Gasteiger charge is -2.11. The number of nitrogens with zero attached hydrogens (tertiary/aromatic N) is 1. The largest absolute Gasteiger partial charge is 0.375 e. The van der Waals surface area contributed by atoms with E-state index < -0.39 is 0 Å². The topological polar surface area (TPSA) is 58.6 Å². The van der Waals surface area contributed by atoms with Crippen molar-refractivity contribution in [3.63, 3.8) is 0 Å². The fourth-order valence-corrected chi connectivity index (χ4v) is 1.08. The highest BCUT2D eigenvalue weighted by Gasteiger charge is 2.27. The van der Waals surface area contributed by atoms with Crippen LogP contribution in [0.25, 0.3) is 0 Å². The van der Waals surface area contributed by atoms with Crippen LogP contribution in [0.3, 0.4) is 0 Å². The van der Waals surface area contributed by atoms with Crippen LogP contribution in [0.15, 0.2) is 12.2 Å². The highest BCUT2D eigenvalue weighted by atomic mass is 16.5. The van der Waals surface area contributed by atoms with Gasteiger partial charge in [0.15, 0.2) is 0 Å². The normalized spacial score (nSPS) is 15.9. The monoisotopic (exact) mass is 198 g/mol. The number of ether oxygens (including phenoxy) is 1. The summed E-state index contributed by atoms with van der Waals surface area (Å²) >= 11 is 0. The molecule has 0 unspecified atom stereocenters. The summed E-state index contributed by atoms with van der Waals surface area (Å²) in [6.07, 6.45) is 0. The molecule has 3 amide bonds. The molecular weight excluding hydrogens is 184 g/mol. The Balaban J connectivity index is 2.20. The highest BCUT2D eigenvalue weighted by Crippen LogP contribution is 1.98. The lowest BCUT2D eigenvalue weighted by atomic mass is 10.4. The summed E-state index contributed by atoms with van der Waals surface area (Å²) in [6, 6.07) is -0.339. The molecule has 5 heteroatoms. The summed E-state index contributed by atoms with van der Waals surface area (Å²) in [5.41, 5.74) is 0.919. The molecule has 1 heterocycles. The fourth-order valence-electron chi connectivity index (χ4n) is 1.08. The van der Waals surface area contributed by atoms with E-state index in [0.29, 0.717) is 19.8 Å². The summed E-state index contributed by atoms with van der Waals surface area (Å²) in [5.74, 6) is -0.200. The quantitative estimate of drug-likeness (QED) is 0.388. The van der Waals surface area contributed by atoms with Crippen LogP contribution in [-0.4, -0.2) is 43.1 Å². The van der Waals surface area contributed by atoms with E-state index >= 15 is 0 Å². The molecule has 0 atom stereocenters. The van der Waals surface area contributed by atoms with Gasteiger partial charge in [0.25, 0.3) is 0 Å². The summed E-state index contributed by atoms with van der Waals surface area (Å²) in [4.78, 5) is 23.3. The molecule has 0 aromatic rings. The number of rotatable bonds is 5. The maximum Gasteiger partial charge on any atom is 0.324 e. The minimum atomic E-state index is -0.339. The Morgan fingerprint density at radius 2 is 2.36 bits per heavy atom. The van der Waals surface area contributed by atoms with Gasteiger partial charge in [-0.1, -0.05) is 12.2 Å². The molecular formula is C9H14N2O3. The van der Waals surface area contributed by atoms with Crippen LogP contribution in [-0.2, 0) is 9.53 Å². The molecule has 1 rings (SSSR count). The zero-order valence-electron chi connectivity index (χ0n) is 8.21. The zero-order valence-corrected chi connectivity index (χ0v) is 8.21. The maximum atomic E-state index is 11.1. The van der Waals surface area contributed by atoms with Crippen LogP contribution in [0.2, 0.25) is 0 Å². The molecule has 1 aliphatic heterocycles. The number of amides is 3. The third-order valence-electron chi connectivity index (χ3n) is 1.74. The average Bonchev–Trinajstić information content (AvgIpc) is 2.42. The van der Waals surface area contributed by atoms with E-state index in [9.17, 15) is 9.59 Å². The van der Waals surface area contributed by atoms with Crippen LogP contribution >= 0.6 is 0 Å². The fraction of sp³-hybridized carbons (Fsp3) is 0.556. The lowest BCUT2D eigenvalue weighted by molar-refractivity contribution is -0.125. The average molecular weight is 198 g/mol. The summed E-state index contributed by atoms with van der Waals surface area (Å²) in [6.45, 7) is 6.74. The highest BCUT2D eigenvalue weighted by molar-refractivity contribution is 6.01. The van der Waals surface area contributed by atoms with Crippen molar-refractivity contribution >= 4 is 11.9 Å². The summed E-state index contributed by atoms with van der Waals surface area (Å²) in [7, 11) is 0. The molecule has 78 valence electrons. The minimum absolute atomic E-state index is 0.0965. The molecule has 0 saturated carbocycles. The zero-order chi connectivity index (χ0) is 10.6. The molecule has 1 aliphatic rings. The molecule has 0 radical (unpaired) electrons. The Morgan fingerprint density at radius 3 is 2.86 bits per heavy atom. The van der Waals surface area contributed by atoms with Gasteiger partial charge in [-0.2, -0.15) is 0 Å². The Morgan fingerprint density at radius 1 is 1.64 bits per heavy atom. The number of carbonyl (C=O) groups is 2. The van der Waals surface area contributed by atoms with Crippen molar-refractivity contribution in [2.75, 3.05) is 26.3 Å². The maximum absolute atomic E-state index is 11.1. The van der Waals surface area contributed by atoms with Crippen molar-refractivity contribution in [3.8, 4) is 0 Å². The van der Waals surface area contributed by atoms with Gasteiger partial charge in [0, 0.05) is 0 Å². The predicted octanol–water partition coefficient (Wildman–Crippen LogP) is 0.131. The second kappa shape index (κ2) is 4.76. The summed E-state index contributed by atoms with van der Waals surface area (Å²) < 4.78 is 5.18. The predicted molar refractivity (Wildman–Crippen MR) is 50.7 cm³/mol. The first-order chi connectivity index (χ1) is 6.61. The molecule has 1 fully saturated rings. The first-order valence-electron chi connectivity index (χ1n) is 4.41. The Kier molecular flexibility index (Phi) is 3.64. The molecule has 0 aromatic carbocycles. The van der Waals surface area contributed by atoms with E-state index in [1.807, 2.05) is 6.92 Å².